The van der Waals surface area contributed by atoms with Gasteiger partial charge in [0.2, 0.25) is 0 Å². The average Bonchev–Trinajstić information content (AvgIpc) is 2.35. The van der Waals surface area contributed by atoms with Crippen LogP contribution < -0.4 is 0 Å². The van der Waals surface area contributed by atoms with Gasteiger partial charge in [0.15, 0.2) is 5.78 Å². The van der Waals surface area contributed by atoms with Crippen LogP contribution in [0.25, 0.3) is 0 Å². The lowest BCUT2D eigenvalue weighted by Crippen LogP contribution is -2.03. The van der Waals surface area contributed by atoms with Crippen LogP contribution in [0.3, 0.4) is 0 Å². The number of hydrogen-bond acceptors (Lipinski definition) is 1. The average molecular weight is 267 g/mol. The van der Waals surface area contributed by atoms with Gasteiger partial charge in [-0.05, 0) is 48.9 Å². The molecular formula is C14H9ClF2O. The maximum absolute atomic E-state index is 13.1. The molecule has 92 valence electrons. The van der Waals surface area contributed by atoms with E-state index in [1.807, 2.05) is 0 Å². The first kappa shape index (κ1) is 12.7. The van der Waals surface area contributed by atoms with Crippen LogP contribution in [0.1, 0.15) is 21.5 Å². The fraction of sp³-hybridized carbons (Fsp3) is 0.0714. The van der Waals surface area contributed by atoms with Gasteiger partial charge in [0.1, 0.15) is 11.6 Å². The fourth-order valence-corrected chi connectivity index (χ4v) is 1.82. The zero-order valence-electron chi connectivity index (χ0n) is 9.51. The van der Waals surface area contributed by atoms with E-state index in [1.165, 1.54) is 30.3 Å². The van der Waals surface area contributed by atoms with E-state index in [9.17, 15) is 13.6 Å². The molecule has 0 radical (unpaired) electrons. The van der Waals surface area contributed by atoms with Crippen molar-refractivity contribution < 1.29 is 13.6 Å². The molecule has 0 aliphatic rings. The standard InChI is InChI=1S/C14H9ClF2O/c1-8-6-9(2-5-13(8)17)14(18)11-7-10(16)3-4-12(11)15/h2-7H,1H3. The van der Waals surface area contributed by atoms with Gasteiger partial charge in [0.05, 0.1) is 5.02 Å². The van der Waals surface area contributed by atoms with Crippen LogP contribution >= 0.6 is 11.6 Å². The molecule has 0 amide bonds. The first-order chi connectivity index (χ1) is 8.49. The second-order valence-electron chi connectivity index (χ2n) is 3.92. The quantitative estimate of drug-likeness (QED) is 0.746. The summed E-state index contributed by atoms with van der Waals surface area (Å²) < 4.78 is 26.2. The van der Waals surface area contributed by atoms with Crippen molar-refractivity contribution >= 4 is 17.4 Å². The van der Waals surface area contributed by atoms with Gasteiger partial charge in [-0.2, -0.15) is 0 Å². The Balaban J connectivity index is 2.47. The highest BCUT2D eigenvalue weighted by Crippen LogP contribution is 2.21. The molecule has 0 atom stereocenters. The topological polar surface area (TPSA) is 17.1 Å². The van der Waals surface area contributed by atoms with Crippen LogP contribution in [-0.2, 0) is 0 Å². The van der Waals surface area contributed by atoms with E-state index in [-0.39, 0.29) is 16.1 Å². The molecule has 1 nitrogen and oxygen atoms in total. The highest BCUT2D eigenvalue weighted by Gasteiger charge is 2.14. The molecule has 4 heteroatoms. The van der Waals surface area contributed by atoms with Gasteiger partial charge in [-0.15, -0.1) is 0 Å². The van der Waals surface area contributed by atoms with E-state index in [0.717, 1.165) is 6.07 Å². The summed E-state index contributed by atoms with van der Waals surface area (Å²) in [7, 11) is 0. The number of hydrogen-bond donors (Lipinski definition) is 0. The van der Waals surface area contributed by atoms with Gasteiger partial charge >= 0.3 is 0 Å². The minimum absolute atomic E-state index is 0.0719. The minimum Gasteiger partial charge on any atom is -0.289 e. The number of carbonyl (C=O) groups excluding carboxylic acids is 1. The fourth-order valence-electron chi connectivity index (χ4n) is 1.61. The van der Waals surface area contributed by atoms with Crippen molar-refractivity contribution in [3.63, 3.8) is 0 Å². The molecule has 2 aromatic carbocycles. The van der Waals surface area contributed by atoms with E-state index in [1.54, 1.807) is 6.92 Å². The van der Waals surface area contributed by atoms with Crippen molar-refractivity contribution in [1.29, 1.82) is 0 Å². The van der Waals surface area contributed by atoms with Crippen molar-refractivity contribution in [3.8, 4) is 0 Å². The molecule has 0 N–H and O–H groups in total. The summed E-state index contributed by atoms with van der Waals surface area (Å²) >= 11 is 5.85. The second-order valence-corrected chi connectivity index (χ2v) is 4.32. The summed E-state index contributed by atoms with van der Waals surface area (Å²) in [5.74, 6) is -1.36. The minimum atomic E-state index is -0.540. The third kappa shape index (κ3) is 2.41. The molecule has 0 fully saturated rings. The third-order valence-electron chi connectivity index (χ3n) is 2.59. The summed E-state index contributed by atoms with van der Waals surface area (Å²) in [6, 6.07) is 7.54. The molecular weight excluding hydrogens is 258 g/mol. The summed E-state index contributed by atoms with van der Waals surface area (Å²) in [5, 5.41) is 0.170. The predicted molar refractivity (Wildman–Crippen MR) is 66.0 cm³/mol. The summed E-state index contributed by atoms with van der Waals surface area (Å²) in [5.41, 5.74) is 0.706. The first-order valence-corrected chi connectivity index (χ1v) is 5.63. The highest BCUT2D eigenvalue weighted by molar-refractivity contribution is 6.35. The zero-order chi connectivity index (χ0) is 13.3. The van der Waals surface area contributed by atoms with Crippen molar-refractivity contribution in [3.05, 3.63) is 69.7 Å². The lowest BCUT2D eigenvalue weighted by molar-refractivity contribution is 0.103. The van der Waals surface area contributed by atoms with Gasteiger partial charge < -0.3 is 0 Å². The van der Waals surface area contributed by atoms with Crippen LogP contribution in [0.5, 0.6) is 0 Å². The Morgan fingerprint density at radius 3 is 2.50 bits per heavy atom. The van der Waals surface area contributed by atoms with Crippen LogP contribution in [0.2, 0.25) is 5.02 Å². The number of carbonyl (C=O) groups is 1. The number of rotatable bonds is 2. The maximum atomic E-state index is 13.1. The Morgan fingerprint density at radius 1 is 1.11 bits per heavy atom. The predicted octanol–water partition coefficient (Wildman–Crippen LogP) is 4.16. The molecule has 2 aromatic rings. The normalized spacial score (nSPS) is 10.4. The largest absolute Gasteiger partial charge is 0.289 e. The molecule has 0 saturated carbocycles. The van der Waals surface area contributed by atoms with E-state index in [2.05, 4.69) is 0 Å². The Bertz CT molecular complexity index is 623. The number of halogens is 3. The molecule has 0 aliphatic carbocycles. The zero-order valence-corrected chi connectivity index (χ0v) is 10.3. The van der Waals surface area contributed by atoms with Crippen LogP contribution in [0.4, 0.5) is 8.78 Å². The van der Waals surface area contributed by atoms with E-state index >= 15 is 0 Å². The summed E-state index contributed by atoms with van der Waals surface area (Å²) in [4.78, 5) is 12.1. The Hall–Kier alpha value is -1.74. The lowest BCUT2D eigenvalue weighted by atomic mass is 10.0. The second kappa shape index (κ2) is 4.86. The Kier molecular flexibility index (Phi) is 3.43. The van der Waals surface area contributed by atoms with E-state index in [0.29, 0.717) is 5.56 Å². The highest BCUT2D eigenvalue weighted by atomic mass is 35.5. The molecule has 2 rings (SSSR count). The van der Waals surface area contributed by atoms with E-state index in [4.69, 9.17) is 11.6 Å². The van der Waals surface area contributed by atoms with Crippen LogP contribution in [0, 0.1) is 18.6 Å². The van der Waals surface area contributed by atoms with Crippen molar-refractivity contribution in [1.82, 2.24) is 0 Å². The summed E-state index contributed by atoms with van der Waals surface area (Å²) in [6.45, 7) is 1.55. The summed E-state index contributed by atoms with van der Waals surface area (Å²) in [6.07, 6.45) is 0. The van der Waals surface area contributed by atoms with Gasteiger partial charge in [-0.1, -0.05) is 11.6 Å². The van der Waals surface area contributed by atoms with Crippen LogP contribution in [0.15, 0.2) is 36.4 Å². The van der Waals surface area contributed by atoms with E-state index < -0.39 is 17.4 Å². The number of ketones is 1. The number of aryl methyl sites for hydroxylation is 1. The van der Waals surface area contributed by atoms with Gasteiger partial charge in [0.25, 0.3) is 0 Å². The molecule has 0 heterocycles. The first-order valence-electron chi connectivity index (χ1n) is 5.25. The van der Waals surface area contributed by atoms with Crippen LogP contribution in [-0.4, -0.2) is 5.78 Å². The monoisotopic (exact) mass is 266 g/mol. The van der Waals surface area contributed by atoms with Gasteiger partial charge in [-0.25, -0.2) is 8.78 Å². The van der Waals surface area contributed by atoms with Gasteiger partial charge in [0, 0.05) is 11.1 Å². The van der Waals surface area contributed by atoms with Crippen molar-refractivity contribution in [2.45, 2.75) is 6.92 Å². The molecule has 0 aromatic heterocycles. The lowest BCUT2D eigenvalue weighted by Gasteiger charge is -2.05. The molecule has 0 spiro atoms. The molecule has 0 bridgehead atoms. The smallest absolute Gasteiger partial charge is 0.194 e. The third-order valence-corrected chi connectivity index (χ3v) is 2.92. The molecule has 18 heavy (non-hydrogen) atoms. The Labute approximate surface area is 108 Å². The molecule has 0 saturated heterocycles. The molecule has 0 aliphatic heterocycles. The van der Waals surface area contributed by atoms with Crippen molar-refractivity contribution in [2.75, 3.05) is 0 Å². The molecule has 0 unspecified atom stereocenters. The number of benzene rings is 2. The SMILES string of the molecule is Cc1cc(C(=O)c2cc(F)ccc2Cl)ccc1F. The van der Waals surface area contributed by atoms with Crippen molar-refractivity contribution in [2.24, 2.45) is 0 Å². The Morgan fingerprint density at radius 2 is 1.83 bits per heavy atom. The van der Waals surface area contributed by atoms with Gasteiger partial charge in [-0.3, -0.25) is 4.79 Å². The maximum Gasteiger partial charge on any atom is 0.194 e.